The molecule has 3 rings (SSSR count). The smallest absolute Gasteiger partial charge is 0.330 e. The number of rotatable bonds is 6. The molecule has 0 heterocycles. The second-order valence-electron chi connectivity index (χ2n) is 6.56. The van der Waals surface area contributed by atoms with Gasteiger partial charge in [-0.3, -0.25) is 0 Å². The molecule has 0 N–H and O–H groups in total. The number of esters is 1. The molecule has 0 spiro atoms. The van der Waals surface area contributed by atoms with Crippen molar-refractivity contribution in [3.05, 3.63) is 113 Å². The predicted molar refractivity (Wildman–Crippen MR) is 117 cm³/mol. The predicted octanol–water partition coefficient (Wildman–Crippen LogP) is 6.38. The number of halogens is 1. The summed E-state index contributed by atoms with van der Waals surface area (Å²) < 4.78 is 18.2. The van der Waals surface area contributed by atoms with Crippen LogP contribution in [0.15, 0.2) is 84.9 Å². The Morgan fingerprint density at radius 3 is 2.00 bits per heavy atom. The van der Waals surface area contributed by atoms with E-state index < -0.39 is 5.97 Å². The molecule has 0 aliphatic carbocycles. The lowest BCUT2D eigenvalue weighted by atomic mass is 9.88. The molecule has 0 unspecified atom stereocenters. The van der Waals surface area contributed by atoms with Crippen molar-refractivity contribution >= 4 is 23.2 Å². The summed E-state index contributed by atoms with van der Waals surface area (Å²) in [5.74, 6) is -0.646. The quantitative estimate of drug-likeness (QED) is 0.279. The first kappa shape index (κ1) is 20.3. The molecule has 0 atom stereocenters. The highest BCUT2D eigenvalue weighted by atomic mass is 19.1. The molecular formula is C26H23FO2. The van der Waals surface area contributed by atoms with Gasteiger partial charge in [-0.05, 0) is 58.0 Å². The fourth-order valence-corrected chi connectivity index (χ4v) is 3.29. The summed E-state index contributed by atoms with van der Waals surface area (Å²) in [6.07, 6.45) is 3.95. The molecule has 0 fully saturated rings. The summed E-state index contributed by atoms with van der Waals surface area (Å²) in [7, 11) is 1.35. The number of benzene rings is 3. The molecule has 2 nitrogen and oxygen atoms in total. The van der Waals surface area contributed by atoms with Crippen LogP contribution in [0.1, 0.15) is 35.6 Å². The van der Waals surface area contributed by atoms with Crippen LogP contribution in [0, 0.1) is 5.82 Å². The van der Waals surface area contributed by atoms with E-state index in [-0.39, 0.29) is 5.82 Å². The van der Waals surface area contributed by atoms with E-state index in [1.165, 1.54) is 30.9 Å². The molecule has 3 aromatic rings. The van der Waals surface area contributed by atoms with Gasteiger partial charge < -0.3 is 4.74 Å². The van der Waals surface area contributed by atoms with Crippen LogP contribution >= 0.6 is 0 Å². The van der Waals surface area contributed by atoms with Crippen molar-refractivity contribution in [1.29, 1.82) is 0 Å². The molecule has 29 heavy (non-hydrogen) atoms. The van der Waals surface area contributed by atoms with Crippen LogP contribution in [-0.2, 0) is 9.53 Å². The van der Waals surface area contributed by atoms with Gasteiger partial charge >= 0.3 is 5.97 Å². The van der Waals surface area contributed by atoms with Gasteiger partial charge in [0.15, 0.2) is 0 Å². The van der Waals surface area contributed by atoms with Gasteiger partial charge in [-0.15, -0.1) is 0 Å². The highest BCUT2D eigenvalue weighted by Gasteiger charge is 2.13. The van der Waals surface area contributed by atoms with Gasteiger partial charge in [-0.2, -0.15) is 0 Å². The summed E-state index contributed by atoms with van der Waals surface area (Å²) in [5, 5.41) is 0. The van der Waals surface area contributed by atoms with Crippen molar-refractivity contribution < 1.29 is 13.9 Å². The Morgan fingerprint density at radius 1 is 0.862 bits per heavy atom. The highest BCUT2D eigenvalue weighted by molar-refractivity contribution is 5.98. The highest BCUT2D eigenvalue weighted by Crippen LogP contribution is 2.34. The minimum Gasteiger partial charge on any atom is -0.466 e. The zero-order chi connectivity index (χ0) is 20.6. The lowest BCUT2D eigenvalue weighted by Crippen LogP contribution is -1.96. The first-order valence-corrected chi connectivity index (χ1v) is 9.53. The van der Waals surface area contributed by atoms with Gasteiger partial charge in [0.05, 0.1) is 7.11 Å². The summed E-state index contributed by atoms with van der Waals surface area (Å²) in [5.41, 5.74) is 6.30. The Labute approximate surface area is 171 Å². The second kappa shape index (κ2) is 9.65. The van der Waals surface area contributed by atoms with Crippen molar-refractivity contribution in [2.45, 2.75) is 13.3 Å². The van der Waals surface area contributed by atoms with E-state index in [9.17, 15) is 9.18 Å². The lowest BCUT2D eigenvalue weighted by Gasteiger charge is -2.16. The standard InChI is InChI=1S/C26H23FO2/c1-3-24(20-7-5-4-6-8-20)26(22-14-16-23(27)17-15-22)21-12-9-19(10-13-21)11-18-25(28)29-2/h4-18H,3H2,1-2H3/b18-11+,26-24+. The van der Waals surface area contributed by atoms with Crippen LogP contribution in [0.3, 0.4) is 0 Å². The average molecular weight is 386 g/mol. The number of carbonyl (C=O) groups excluding carboxylic acids is 1. The van der Waals surface area contributed by atoms with E-state index in [1.807, 2.05) is 54.6 Å². The van der Waals surface area contributed by atoms with E-state index >= 15 is 0 Å². The molecule has 0 saturated heterocycles. The summed E-state index contributed by atoms with van der Waals surface area (Å²) in [4.78, 5) is 11.3. The number of ether oxygens (including phenoxy) is 1. The van der Waals surface area contributed by atoms with Crippen LogP contribution in [0.2, 0.25) is 0 Å². The molecule has 0 aromatic heterocycles. The van der Waals surface area contributed by atoms with Crippen molar-refractivity contribution in [2.24, 2.45) is 0 Å². The molecule has 0 radical (unpaired) electrons. The van der Waals surface area contributed by atoms with Gasteiger partial charge in [-0.25, -0.2) is 9.18 Å². The van der Waals surface area contributed by atoms with Gasteiger partial charge in [0, 0.05) is 6.08 Å². The first-order chi connectivity index (χ1) is 14.1. The molecule has 0 aliphatic heterocycles. The van der Waals surface area contributed by atoms with E-state index in [1.54, 1.807) is 6.08 Å². The van der Waals surface area contributed by atoms with Crippen LogP contribution in [0.5, 0.6) is 0 Å². The third kappa shape index (κ3) is 5.08. The third-order valence-corrected chi connectivity index (χ3v) is 4.72. The number of hydrogen-bond acceptors (Lipinski definition) is 2. The third-order valence-electron chi connectivity index (χ3n) is 4.72. The maximum Gasteiger partial charge on any atom is 0.330 e. The summed E-state index contributed by atoms with van der Waals surface area (Å²) >= 11 is 0. The number of carbonyl (C=O) groups is 1. The number of methoxy groups -OCH3 is 1. The Morgan fingerprint density at radius 2 is 1.45 bits per heavy atom. The van der Waals surface area contributed by atoms with E-state index in [2.05, 4.69) is 23.8 Å². The second-order valence-corrected chi connectivity index (χ2v) is 6.56. The van der Waals surface area contributed by atoms with Gasteiger partial charge in [0.1, 0.15) is 5.82 Å². The number of hydrogen-bond donors (Lipinski definition) is 0. The van der Waals surface area contributed by atoms with Crippen LogP contribution in [0.4, 0.5) is 4.39 Å². The Balaban J connectivity index is 2.11. The SMILES string of the molecule is CC/C(=C(\c1ccc(F)cc1)c1ccc(/C=C/C(=O)OC)cc1)c1ccccc1. The molecule has 3 aromatic carbocycles. The Kier molecular flexibility index (Phi) is 6.75. The lowest BCUT2D eigenvalue weighted by molar-refractivity contribution is -0.134. The normalized spacial score (nSPS) is 12.0. The monoisotopic (exact) mass is 386 g/mol. The molecule has 0 aliphatic rings. The molecule has 0 amide bonds. The van der Waals surface area contributed by atoms with E-state index in [0.29, 0.717) is 0 Å². The van der Waals surface area contributed by atoms with Crippen molar-refractivity contribution in [3.8, 4) is 0 Å². The van der Waals surface area contributed by atoms with Crippen molar-refractivity contribution in [2.75, 3.05) is 7.11 Å². The molecular weight excluding hydrogens is 363 g/mol. The van der Waals surface area contributed by atoms with Crippen molar-refractivity contribution in [1.82, 2.24) is 0 Å². The molecule has 0 saturated carbocycles. The topological polar surface area (TPSA) is 26.3 Å². The molecule has 3 heteroatoms. The average Bonchev–Trinajstić information content (AvgIpc) is 2.77. The summed E-state index contributed by atoms with van der Waals surface area (Å²) in [6, 6.07) is 24.8. The summed E-state index contributed by atoms with van der Waals surface area (Å²) in [6.45, 7) is 2.12. The maximum absolute atomic E-state index is 13.5. The largest absolute Gasteiger partial charge is 0.466 e. The number of allylic oxidation sites excluding steroid dienone is 1. The van der Waals surface area contributed by atoms with Crippen LogP contribution in [0.25, 0.3) is 17.2 Å². The van der Waals surface area contributed by atoms with Crippen LogP contribution in [-0.4, -0.2) is 13.1 Å². The van der Waals surface area contributed by atoms with E-state index in [0.717, 1.165) is 34.2 Å². The zero-order valence-electron chi connectivity index (χ0n) is 16.6. The minimum atomic E-state index is -0.390. The Bertz CT molecular complexity index is 1010. The molecule has 146 valence electrons. The molecule has 0 bridgehead atoms. The zero-order valence-corrected chi connectivity index (χ0v) is 16.6. The van der Waals surface area contributed by atoms with Gasteiger partial charge in [-0.1, -0.05) is 73.7 Å². The van der Waals surface area contributed by atoms with Crippen molar-refractivity contribution in [3.63, 3.8) is 0 Å². The van der Waals surface area contributed by atoms with E-state index in [4.69, 9.17) is 0 Å². The fraction of sp³-hybridized carbons (Fsp3) is 0.115. The van der Waals surface area contributed by atoms with Crippen LogP contribution < -0.4 is 0 Å². The maximum atomic E-state index is 13.5. The fourth-order valence-electron chi connectivity index (χ4n) is 3.29. The van der Waals surface area contributed by atoms with Gasteiger partial charge in [0.25, 0.3) is 0 Å². The van der Waals surface area contributed by atoms with Gasteiger partial charge in [0.2, 0.25) is 0 Å². The minimum absolute atomic E-state index is 0.255. The Hall–Kier alpha value is -3.46. The first-order valence-electron chi connectivity index (χ1n) is 9.53.